The second kappa shape index (κ2) is 5.91. The minimum atomic E-state index is -0.943. The van der Waals surface area contributed by atoms with Gasteiger partial charge in [-0.15, -0.1) is 0 Å². The van der Waals surface area contributed by atoms with Gasteiger partial charge in [-0.2, -0.15) is 0 Å². The third-order valence-corrected chi connectivity index (χ3v) is 4.30. The van der Waals surface area contributed by atoms with Crippen molar-refractivity contribution >= 4 is 33.5 Å². The molecule has 0 aromatic heterocycles. The van der Waals surface area contributed by atoms with Gasteiger partial charge in [0.1, 0.15) is 5.82 Å². The lowest BCUT2D eigenvalue weighted by Gasteiger charge is -2.17. The second-order valence-electron chi connectivity index (χ2n) is 5.05. The quantitative estimate of drug-likeness (QED) is 0.884. The lowest BCUT2D eigenvalue weighted by Crippen LogP contribution is -2.30. The van der Waals surface area contributed by atoms with E-state index in [1.165, 1.54) is 6.07 Å². The fourth-order valence-corrected chi connectivity index (χ4v) is 3.03. The highest BCUT2D eigenvalue weighted by Gasteiger charge is 2.37. The predicted octanol–water partition coefficient (Wildman–Crippen LogP) is 3.34. The van der Waals surface area contributed by atoms with Crippen LogP contribution in [0, 0.1) is 24.6 Å². The minimum absolute atomic E-state index is 0.331. The molecule has 0 bridgehead atoms. The molecule has 0 spiro atoms. The average molecular weight is 344 g/mol. The smallest absolute Gasteiger partial charge is 0.307 e. The van der Waals surface area contributed by atoms with E-state index in [9.17, 15) is 14.0 Å². The van der Waals surface area contributed by atoms with Crippen molar-refractivity contribution in [2.24, 2.45) is 11.8 Å². The number of rotatable bonds is 3. The summed E-state index contributed by atoms with van der Waals surface area (Å²) in [4.78, 5) is 23.3. The zero-order valence-electron chi connectivity index (χ0n) is 11.0. The fourth-order valence-electron chi connectivity index (χ4n) is 2.58. The highest BCUT2D eigenvalue weighted by molar-refractivity contribution is 9.10. The number of carbonyl (C=O) groups is 2. The molecule has 6 heteroatoms. The van der Waals surface area contributed by atoms with Crippen LogP contribution in [0.4, 0.5) is 10.1 Å². The van der Waals surface area contributed by atoms with E-state index in [1.807, 2.05) is 0 Å². The number of aliphatic carboxylic acids is 1. The number of carboxylic acid groups (broad SMARTS) is 1. The predicted molar refractivity (Wildman–Crippen MR) is 75.9 cm³/mol. The fraction of sp³-hybridized carbons (Fsp3) is 0.429. The van der Waals surface area contributed by atoms with Gasteiger partial charge in [0.25, 0.3) is 0 Å². The van der Waals surface area contributed by atoms with Crippen LogP contribution in [0.1, 0.15) is 24.8 Å². The Bertz CT molecular complexity index is 562. The Morgan fingerprint density at radius 3 is 2.65 bits per heavy atom. The summed E-state index contributed by atoms with van der Waals surface area (Å²) in [6.45, 7) is 1.75. The third kappa shape index (κ3) is 3.00. The number of carboxylic acids is 1. The van der Waals surface area contributed by atoms with Crippen molar-refractivity contribution in [1.82, 2.24) is 0 Å². The summed E-state index contributed by atoms with van der Waals surface area (Å²) in [5, 5.41) is 11.7. The van der Waals surface area contributed by atoms with Gasteiger partial charge in [-0.3, -0.25) is 9.59 Å². The van der Waals surface area contributed by atoms with Gasteiger partial charge in [0.2, 0.25) is 5.91 Å². The molecule has 0 aliphatic heterocycles. The van der Waals surface area contributed by atoms with Crippen LogP contribution in [0.25, 0.3) is 0 Å². The molecule has 1 saturated carbocycles. The Morgan fingerprint density at radius 1 is 1.35 bits per heavy atom. The molecule has 2 N–H and O–H groups in total. The molecule has 4 nitrogen and oxygen atoms in total. The first kappa shape index (κ1) is 15.0. The maximum absolute atomic E-state index is 13.5. The molecular formula is C14H15BrFNO3. The van der Waals surface area contributed by atoms with E-state index in [4.69, 9.17) is 5.11 Å². The van der Waals surface area contributed by atoms with Crippen LogP contribution in [0.2, 0.25) is 0 Å². The first-order chi connectivity index (χ1) is 9.40. The van der Waals surface area contributed by atoms with E-state index in [2.05, 4.69) is 21.2 Å². The van der Waals surface area contributed by atoms with Gasteiger partial charge in [-0.05, 0) is 53.4 Å². The van der Waals surface area contributed by atoms with E-state index in [0.29, 0.717) is 23.0 Å². The first-order valence-electron chi connectivity index (χ1n) is 6.39. The largest absolute Gasteiger partial charge is 0.481 e. The SMILES string of the molecule is Cc1cc(Br)c(F)cc1NC(=O)C1CCCC1C(=O)O. The van der Waals surface area contributed by atoms with Crippen LogP contribution in [-0.4, -0.2) is 17.0 Å². The number of benzene rings is 1. The van der Waals surface area contributed by atoms with Gasteiger partial charge in [0, 0.05) is 5.69 Å². The molecule has 2 atom stereocenters. The van der Waals surface area contributed by atoms with E-state index < -0.39 is 23.6 Å². The number of amides is 1. The van der Waals surface area contributed by atoms with E-state index >= 15 is 0 Å². The zero-order valence-corrected chi connectivity index (χ0v) is 12.5. The maximum Gasteiger partial charge on any atom is 0.307 e. The van der Waals surface area contributed by atoms with Crippen molar-refractivity contribution in [2.45, 2.75) is 26.2 Å². The van der Waals surface area contributed by atoms with E-state index in [-0.39, 0.29) is 5.91 Å². The maximum atomic E-state index is 13.5. The normalized spacial score (nSPS) is 21.8. The van der Waals surface area contributed by atoms with Gasteiger partial charge in [0.15, 0.2) is 0 Å². The number of nitrogens with one attached hydrogen (secondary N) is 1. The number of halogens is 2. The Kier molecular flexibility index (Phi) is 4.42. The van der Waals surface area contributed by atoms with E-state index in [1.54, 1.807) is 13.0 Å². The number of carbonyl (C=O) groups excluding carboxylic acids is 1. The van der Waals surface area contributed by atoms with Crippen LogP contribution >= 0.6 is 15.9 Å². The standard InChI is InChI=1S/C14H15BrFNO3/c1-7-5-10(15)11(16)6-12(7)17-13(18)8-3-2-4-9(8)14(19)20/h5-6,8-9H,2-4H2,1H3,(H,17,18)(H,19,20). The van der Waals surface area contributed by atoms with Crippen molar-refractivity contribution < 1.29 is 19.1 Å². The highest BCUT2D eigenvalue weighted by Crippen LogP contribution is 2.33. The highest BCUT2D eigenvalue weighted by atomic mass is 79.9. The second-order valence-corrected chi connectivity index (χ2v) is 5.91. The Balaban J connectivity index is 2.16. The Labute approximate surface area is 124 Å². The summed E-state index contributed by atoms with van der Waals surface area (Å²) < 4.78 is 13.8. The summed E-state index contributed by atoms with van der Waals surface area (Å²) in [7, 11) is 0. The monoisotopic (exact) mass is 343 g/mol. The van der Waals surface area contributed by atoms with Crippen molar-refractivity contribution in [1.29, 1.82) is 0 Å². The third-order valence-electron chi connectivity index (χ3n) is 3.70. The summed E-state index contributed by atoms with van der Waals surface area (Å²) >= 11 is 3.08. The zero-order chi connectivity index (χ0) is 14.9. The van der Waals surface area contributed by atoms with Gasteiger partial charge in [-0.1, -0.05) is 6.42 Å². The van der Waals surface area contributed by atoms with Crippen LogP contribution < -0.4 is 5.32 Å². The summed E-state index contributed by atoms with van der Waals surface area (Å²) in [6.07, 6.45) is 1.80. The summed E-state index contributed by atoms with van der Waals surface area (Å²) in [6, 6.07) is 2.82. The average Bonchev–Trinajstić information content (AvgIpc) is 2.85. The first-order valence-corrected chi connectivity index (χ1v) is 7.18. The molecule has 1 amide bonds. The lowest BCUT2D eigenvalue weighted by molar-refractivity contribution is -0.145. The van der Waals surface area contributed by atoms with Crippen molar-refractivity contribution in [2.75, 3.05) is 5.32 Å². The Hall–Kier alpha value is -1.43. The van der Waals surface area contributed by atoms with Crippen molar-refractivity contribution in [3.05, 3.63) is 28.0 Å². The van der Waals surface area contributed by atoms with E-state index in [0.717, 1.165) is 12.0 Å². The molecule has 1 aliphatic rings. The lowest BCUT2D eigenvalue weighted by atomic mass is 9.95. The molecular weight excluding hydrogens is 329 g/mol. The molecule has 1 aromatic carbocycles. The number of aryl methyl sites for hydroxylation is 1. The minimum Gasteiger partial charge on any atom is -0.481 e. The number of hydrogen-bond donors (Lipinski definition) is 2. The van der Waals surface area contributed by atoms with Crippen LogP contribution in [0.5, 0.6) is 0 Å². The van der Waals surface area contributed by atoms with Gasteiger partial charge in [-0.25, -0.2) is 4.39 Å². The summed E-state index contributed by atoms with van der Waals surface area (Å²) in [5.41, 5.74) is 1.10. The molecule has 1 aromatic rings. The van der Waals surface area contributed by atoms with Crippen LogP contribution in [-0.2, 0) is 9.59 Å². The van der Waals surface area contributed by atoms with Crippen LogP contribution in [0.15, 0.2) is 16.6 Å². The summed E-state index contributed by atoms with van der Waals surface area (Å²) in [5.74, 6) is -2.94. The van der Waals surface area contributed by atoms with Crippen molar-refractivity contribution in [3.8, 4) is 0 Å². The molecule has 108 valence electrons. The van der Waals surface area contributed by atoms with Gasteiger partial charge < -0.3 is 10.4 Å². The molecule has 1 aliphatic carbocycles. The van der Waals surface area contributed by atoms with Crippen molar-refractivity contribution in [3.63, 3.8) is 0 Å². The van der Waals surface area contributed by atoms with Gasteiger partial charge >= 0.3 is 5.97 Å². The molecule has 0 heterocycles. The van der Waals surface area contributed by atoms with Gasteiger partial charge in [0.05, 0.1) is 16.3 Å². The number of anilines is 1. The molecule has 0 radical (unpaired) electrons. The number of hydrogen-bond acceptors (Lipinski definition) is 2. The molecule has 2 unspecified atom stereocenters. The molecule has 2 rings (SSSR count). The molecule has 20 heavy (non-hydrogen) atoms. The Morgan fingerprint density at radius 2 is 2.00 bits per heavy atom. The molecule has 0 saturated heterocycles. The topological polar surface area (TPSA) is 66.4 Å². The van der Waals surface area contributed by atoms with Crippen LogP contribution in [0.3, 0.4) is 0 Å². The molecule has 1 fully saturated rings.